The molecule has 0 aliphatic rings. The van der Waals surface area contributed by atoms with Crippen molar-refractivity contribution in [3.05, 3.63) is 66.2 Å². The van der Waals surface area contributed by atoms with Crippen LogP contribution in [0.3, 0.4) is 0 Å². The standard InChI is InChI=1S/C20H26N4O2/c1-2-21-20(22-13-14-26-18-11-7-4-8-12-18)24-16-19(25)23-15-17-9-5-3-6-10-17/h3-12H,2,13-16H2,1H3,(H,23,25)(H2,21,22,24). The molecule has 0 radical (unpaired) electrons. The molecule has 0 atom stereocenters. The molecular weight excluding hydrogens is 328 g/mol. The van der Waals surface area contributed by atoms with Crippen molar-refractivity contribution < 1.29 is 9.53 Å². The molecule has 2 aromatic carbocycles. The first kappa shape index (κ1) is 19.3. The van der Waals surface area contributed by atoms with E-state index in [-0.39, 0.29) is 12.5 Å². The zero-order valence-electron chi connectivity index (χ0n) is 15.1. The molecule has 0 aliphatic carbocycles. The van der Waals surface area contributed by atoms with Crippen LogP contribution >= 0.6 is 0 Å². The summed E-state index contributed by atoms with van der Waals surface area (Å²) in [6, 6.07) is 19.4. The summed E-state index contributed by atoms with van der Waals surface area (Å²) < 4.78 is 5.62. The Balaban J connectivity index is 1.70. The lowest BCUT2D eigenvalue weighted by molar-refractivity contribution is -0.119. The average molecular weight is 354 g/mol. The van der Waals surface area contributed by atoms with Crippen molar-refractivity contribution in [1.82, 2.24) is 16.0 Å². The van der Waals surface area contributed by atoms with Crippen molar-refractivity contribution in [3.8, 4) is 5.75 Å². The topological polar surface area (TPSA) is 74.8 Å². The van der Waals surface area contributed by atoms with Crippen molar-refractivity contribution in [3.63, 3.8) is 0 Å². The highest BCUT2D eigenvalue weighted by atomic mass is 16.5. The Morgan fingerprint density at radius 1 is 0.962 bits per heavy atom. The number of ether oxygens (including phenoxy) is 1. The summed E-state index contributed by atoms with van der Waals surface area (Å²) in [7, 11) is 0. The number of benzene rings is 2. The Bertz CT molecular complexity index is 675. The summed E-state index contributed by atoms with van der Waals surface area (Å²) in [5, 5.41) is 9.13. The molecule has 0 saturated heterocycles. The number of nitrogens with zero attached hydrogens (tertiary/aromatic N) is 1. The lowest BCUT2D eigenvalue weighted by atomic mass is 10.2. The zero-order chi connectivity index (χ0) is 18.5. The third-order valence-electron chi connectivity index (χ3n) is 3.46. The number of rotatable bonds is 9. The van der Waals surface area contributed by atoms with E-state index in [4.69, 9.17) is 4.74 Å². The first-order valence-corrected chi connectivity index (χ1v) is 8.78. The van der Waals surface area contributed by atoms with E-state index < -0.39 is 0 Å². The number of hydrogen-bond donors (Lipinski definition) is 3. The molecule has 0 saturated carbocycles. The number of para-hydroxylation sites is 1. The van der Waals surface area contributed by atoms with E-state index in [0.717, 1.165) is 17.9 Å². The molecule has 0 aromatic heterocycles. The summed E-state index contributed by atoms with van der Waals surface area (Å²) in [6.45, 7) is 4.37. The van der Waals surface area contributed by atoms with Crippen LogP contribution in [0.25, 0.3) is 0 Å². The SMILES string of the molecule is CCNC(=NCC(=O)NCc1ccccc1)NCCOc1ccccc1. The maximum atomic E-state index is 11.9. The van der Waals surface area contributed by atoms with Crippen molar-refractivity contribution in [2.45, 2.75) is 13.5 Å². The van der Waals surface area contributed by atoms with Gasteiger partial charge in [0.15, 0.2) is 5.96 Å². The molecule has 0 heterocycles. The summed E-state index contributed by atoms with van der Waals surface area (Å²) in [5.41, 5.74) is 1.06. The van der Waals surface area contributed by atoms with Gasteiger partial charge in [0, 0.05) is 13.1 Å². The Labute approximate surface area is 154 Å². The van der Waals surface area contributed by atoms with Gasteiger partial charge in [0.2, 0.25) is 5.91 Å². The fourth-order valence-corrected chi connectivity index (χ4v) is 2.20. The molecule has 3 N–H and O–H groups in total. The van der Waals surface area contributed by atoms with Crippen LogP contribution in [0, 0.1) is 0 Å². The number of hydrogen-bond acceptors (Lipinski definition) is 3. The summed E-state index contributed by atoms with van der Waals surface area (Å²) in [4.78, 5) is 16.2. The van der Waals surface area contributed by atoms with Gasteiger partial charge in [0.25, 0.3) is 0 Å². The molecule has 2 aromatic rings. The monoisotopic (exact) mass is 354 g/mol. The van der Waals surface area contributed by atoms with Crippen LogP contribution in [0.1, 0.15) is 12.5 Å². The van der Waals surface area contributed by atoms with Gasteiger partial charge in [-0.3, -0.25) is 4.79 Å². The largest absolute Gasteiger partial charge is 0.492 e. The molecule has 0 fully saturated rings. The number of aliphatic imine (C=N–C) groups is 1. The van der Waals surface area contributed by atoms with Gasteiger partial charge < -0.3 is 20.7 Å². The highest BCUT2D eigenvalue weighted by Gasteiger charge is 2.02. The molecule has 26 heavy (non-hydrogen) atoms. The Kier molecular flexibility index (Phi) is 8.55. The van der Waals surface area contributed by atoms with Gasteiger partial charge in [-0.05, 0) is 24.6 Å². The van der Waals surface area contributed by atoms with Crippen LogP contribution in [0.15, 0.2) is 65.7 Å². The van der Waals surface area contributed by atoms with Crippen LogP contribution in [-0.2, 0) is 11.3 Å². The lowest BCUT2D eigenvalue weighted by Crippen LogP contribution is -2.40. The average Bonchev–Trinajstić information content (AvgIpc) is 2.69. The Morgan fingerprint density at radius 3 is 2.35 bits per heavy atom. The molecule has 0 spiro atoms. The molecular formula is C20H26N4O2. The number of carbonyl (C=O) groups is 1. The molecule has 138 valence electrons. The van der Waals surface area contributed by atoms with Gasteiger partial charge in [-0.2, -0.15) is 0 Å². The first-order chi connectivity index (χ1) is 12.8. The molecule has 0 aliphatic heterocycles. The van der Waals surface area contributed by atoms with Crippen LogP contribution in [-0.4, -0.2) is 38.1 Å². The minimum absolute atomic E-state index is 0.0711. The summed E-state index contributed by atoms with van der Waals surface area (Å²) in [5.74, 6) is 1.31. The van der Waals surface area contributed by atoms with Gasteiger partial charge in [-0.1, -0.05) is 48.5 Å². The summed E-state index contributed by atoms with van der Waals surface area (Å²) in [6.07, 6.45) is 0. The predicted molar refractivity (Wildman–Crippen MR) is 104 cm³/mol. The van der Waals surface area contributed by atoms with Crippen molar-refractivity contribution in [2.75, 3.05) is 26.2 Å². The Morgan fingerprint density at radius 2 is 1.65 bits per heavy atom. The van der Waals surface area contributed by atoms with Crippen LogP contribution in [0.5, 0.6) is 5.75 Å². The van der Waals surface area contributed by atoms with E-state index in [9.17, 15) is 4.79 Å². The fraction of sp³-hybridized carbons (Fsp3) is 0.300. The van der Waals surface area contributed by atoms with Gasteiger partial charge in [0.05, 0.1) is 6.54 Å². The fourth-order valence-electron chi connectivity index (χ4n) is 2.20. The minimum atomic E-state index is -0.119. The van der Waals surface area contributed by atoms with Crippen LogP contribution < -0.4 is 20.7 Å². The third-order valence-corrected chi connectivity index (χ3v) is 3.46. The maximum Gasteiger partial charge on any atom is 0.242 e. The van der Waals surface area contributed by atoms with Crippen LogP contribution in [0.2, 0.25) is 0 Å². The summed E-state index contributed by atoms with van der Waals surface area (Å²) >= 11 is 0. The predicted octanol–water partition coefficient (Wildman–Crippen LogP) is 1.94. The minimum Gasteiger partial charge on any atom is -0.492 e. The van der Waals surface area contributed by atoms with Gasteiger partial charge in [0.1, 0.15) is 18.9 Å². The molecule has 0 unspecified atom stereocenters. The van der Waals surface area contributed by atoms with Crippen molar-refractivity contribution in [1.29, 1.82) is 0 Å². The Hall–Kier alpha value is -3.02. The number of guanidine groups is 1. The molecule has 0 bridgehead atoms. The van der Waals surface area contributed by atoms with E-state index >= 15 is 0 Å². The molecule has 6 nitrogen and oxygen atoms in total. The molecule has 6 heteroatoms. The molecule has 1 amide bonds. The van der Waals surface area contributed by atoms with Crippen LogP contribution in [0.4, 0.5) is 0 Å². The van der Waals surface area contributed by atoms with Crippen molar-refractivity contribution >= 4 is 11.9 Å². The van der Waals surface area contributed by atoms with Gasteiger partial charge in [-0.25, -0.2) is 4.99 Å². The third kappa shape index (κ3) is 7.70. The smallest absolute Gasteiger partial charge is 0.242 e. The second kappa shape index (κ2) is 11.5. The van der Waals surface area contributed by atoms with E-state index in [1.807, 2.05) is 67.6 Å². The highest BCUT2D eigenvalue weighted by molar-refractivity contribution is 5.84. The zero-order valence-corrected chi connectivity index (χ0v) is 15.1. The van der Waals surface area contributed by atoms with Gasteiger partial charge in [-0.15, -0.1) is 0 Å². The van der Waals surface area contributed by atoms with E-state index in [0.29, 0.717) is 25.7 Å². The second-order valence-electron chi connectivity index (χ2n) is 5.55. The lowest BCUT2D eigenvalue weighted by Gasteiger charge is -2.12. The first-order valence-electron chi connectivity index (χ1n) is 8.78. The number of amides is 1. The maximum absolute atomic E-state index is 11.9. The normalized spacial score (nSPS) is 10.9. The number of nitrogens with one attached hydrogen (secondary N) is 3. The van der Waals surface area contributed by atoms with Gasteiger partial charge >= 0.3 is 0 Å². The van der Waals surface area contributed by atoms with E-state index in [1.54, 1.807) is 0 Å². The van der Waals surface area contributed by atoms with E-state index in [2.05, 4.69) is 20.9 Å². The number of carbonyl (C=O) groups excluding carboxylic acids is 1. The second-order valence-corrected chi connectivity index (χ2v) is 5.55. The van der Waals surface area contributed by atoms with Crippen molar-refractivity contribution in [2.24, 2.45) is 4.99 Å². The molecule has 2 rings (SSSR count). The van der Waals surface area contributed by atoms with E-state index in [1.165, 1.54) is 0 Å². The highest BCUT2D eigenvalue weighted by Crippen LogP contribution is 2.07. The quantitative estimate of drug-likeness (QED) is 0.365.